The number of carboxylic acid groups (broad SMARTS) is 1. The molecular formula is C33H46N6O10. The molecule has 0 unspecified atom stereocenters. The van der Waals surface area contributed by atoms with Crippen LogP contribution in [0.1, 0.15) is 38.3 Å². The summed E-state index contributed by atoms with van der Waals surface area (Å²) in [5.74, 6) is -5.59. The summed E-state index contributed by atoms with van der Waals surface area (Å²) >= 11 is 0. The number of aromatic hydroxyl groups is 1. The molecule has 0 aliphatic rings. The van der Waals surface area contributed by atoms with Gasteiger partial charge in [-0.15, -0.1) is 0 Å². The van der Waals surface area contributed by atoms with Crippen molar-refractivity contribution in [1.82, 2.24) is 26.6 Å². The van der Waals surface area contributed by atoms with E-state index in [1.165, 1.54) is 19.1 Å². The molecule has 16 heteroatoms. The number of rotatable bonds is 19. The third-order valence-electron chi connectivity index (χ3n) is 7.29. The van der Waals surface area contributed by atoms with Gasteiger partial charge in [-0.2, -0.15) is 0 Å². The van der Waals surface area contributed by atoms with Crippen LogP contribution in [0.25, 0.3) is 0 Å². The Kier molecular flexibility index (Phi) is 16.1. The van der Waals surface area contributed by atoms with Crippen molar-refractivity contribution in [2.24, 2.45) is 11.7 Å². The Morgan fingerprint density at radius 3 is 1.84 bits per heavy atom. The maximum absolute atomic E-state index is 13.5. The zero-order valence-corrected chi connectivity index (χ0v) is 27.6. The van der Waals surface area contributed by atoms with E-state index in [0.717, 1.165) is 0 Å². The smallest absolute Gasteiger partial charge is 0.328 e. The molecule has 0 bridgehead atoms. The monoisotopic (exact) mass is 686 g/mol. The van der Waals surface area contributed by atoms with Crippen LogP contribution in [0.15, 0.2) is 54.6 Å². The molecule has 0 aromatic heterocycles. The number of nitrogens with two attached hydrogens (primary N) is 1. The van der Waals surface area contributed by atoms with Gasteiger partial charge in [-0.05, 0) is 48.9 Å². The molecule has 11 N–H and O–H groups in total. The van der Waals surface area contributed by atoms with E-state index < -0.39 is 85.0 Å². The standard InChI is InChI=1S/C33H46N6O10/c1-18(2)13-24(32(47)39-28(19(3)41)33(48)49)37-31(46)25(15-20-7-5-4-6-8-20)36-27(43)16-35-30(45)26(17-40)38-29(44)23(34)14-21-9-11-22(42)12-10-21/h4-12,18-19,23-26,28,40-42H,13-17,34H2,1-3H3,(H,35,45)(H,36,43)(H,37,46)(H,38,44)(H,39,47)(H,48,49)/t19-,23+,24-,25-,26-,28-/m0/s1. The fourth-order valence-electron chi connectivity index (χ4n) is 4.66. The number of nitrogens with one attached hydrogen (secondary N) is 5. The van der Waals surface area contributed by atoms with Crippen molar-refractivity contribution in [2.75, 3.05) is 13.2 Å². The Morgan fingerprint density at radius 2 is 1.29 bits per heavy atom. The van der Waals surface area contributed by atoms with Gasteiger partial charge in [-0.3, -0.25) is 24.0 Å². The highest BCUT2D eigenvalue weighted by Crippen LogP contribution is 2.11. The van der Waals surface area contributed by atoms with Gasteiger partial charge in [0.05, 0.1) is 25.3 Å². The number of phenolic OH excluding ortho intramolecular Hbond substituents is 1. The number of carboxylic acids is 1. The number of benzene rings is 2. The van der Waals surface area contributed by atoms with Gasteiger partial charge in [0, 0.05) is 6.42 Å². The molecule has 0 heterocycles. The van der Waals surface area contributed by atoms with Gasteiger partial charge in [-0.25, -0.2) is 4.79 Å². The quantitative estimate of drug-likeness (QED) is 0.0777. The lowest BCUT2D eigenvalue weighted by molar-refractivity contribution is -0.145. The zero-order chi connectivity index (χ0) is 36.7. The summed E-state index contributed by atoms with van der Waals surface area (Å²) < 4.78 is 0. The van der Waals surface area contributed by atoms with Crippen molar-refractivity contribution in [3.05, 3.63) is 65.7 Å². The Morgan fingerprint density at radius 1 is 0.714 bits per heavy atom. The largest absolute Gasteiger partial charge is 0.508 e. The fourth-order valence-corrected chi connectivity index (χ4v) is 4.66. The lowest BCUT2D eigenvalue weighted by atomic mass is 10.0. The number of hydrogen-bond acceptors (Lipinski definition) is 10. The summed E-state index contributed by atoms with van der Waals surface area (Å²) in [4.78, 5) is 76.3. The van der Waals surface area contributed by atoms with Crippen LogP contribution in [0, 0.1) is 5.92 Å². The molecule has 16 nitrogen and oxygen atoms in total. The number of carbonyl (C=O) groups excluding carboxylic acids is 5. The number of carbonyl (C=O) groups is 6. The molecule has 0 fully saturated rings. The third kappa shape index (κ3) is 13.9. The van der Waals surface area contributed by atoms with Gasteiger partial charge in [0.15, 0.2) is 6.04 Å². The van der Waals surface area contributed by atoms with E-state index in [-0.39, 0.29) is 30.9 Å². The van der Waals surface area contributed by atoms with Crippen molar-refractivity contribution < 1.29 is 49.2 Å². The summed E-state index contributed by atoms with van der Waals surface area (Å²) in [6.45, 7) is 3.32. The number of amides is 5. The van der Waals surface area contributed by atoms with Gasteiger partial charge >= 0.3 is 5.97 Å². The Balaban J connectivity index is 2.09. The first kappa shape index (κ1) is 40.1. The van der Waals surface area contributed by atoms with Crippen LogP contribution >= 0.6 is 0 Å². The zero-order valence-electron chi connectivity index (χ0n) is 27.6. The minimum Gasteiger partial charge on any atom is -0.508 e. The van der Waals surface area contributed by atoms with E-state index in [9.17, 15) is 49.2 Å². The molecule has 6 atom stereocenters. The lowest BCUT2D eigenvalue weighted by Crippen LogP contribution is -2.58. The van der Waals surface area contributed by atoms with Crippen molar-refractivity contribution >= 4 is 35.5 Å². The maximum Gasteiger partial charge on any atom is 0.328 e. The van der Waals surface area contributed by atoms with Gasteiger partial charge in [0.25, 0.3) is 0 Å². The van der Waals surface area contributed by atoms with Crippen LogP contribution in [-0.4, -0.2) is 105 Å². The Labute approximate surface area is 283 Å². The van der Waals surface area contributed by atoms with E-state index in [1.807, 2.05) is 0 Å². The second kappa shape index (κ2) is 19.7. The van der Waals surface area contributed by atoms with Crippen LogP contribution in [-0.2, 0) is 41.6 Å². The Bertz CT molecular complexity index is 1420. The fraction of sp³-hybridized carbons (Fsp3) is 0.455. The molecular weight excluding hydrogens is 640 g/mol. The number of aliphatic carboxylic acids is 1. The molecule has 2 aromatic carbocycles. The first-order valence-corrected chi connectivity index (χ1v) is 15.7. The van der Waals surface area contributed by atoms with Crippen molar-refractivity contribution in [3.8, 4) is 5.75 Å². The van der Waals surface area contributed by atoms with E-state index in [1.54, 1.807) is 56.3 Å². The summed E-state index contributed by atoms with van der Waals surface area (Å²) in [6.07, 6.45) is -1.24. The van der Waals surface area contributed by atoms with Crippen LogP contribution in [0.3, 0.4) is 0 Å². The highest BCUT2D eigenvalue weighted by molar-refractivity contribution is 5.95. The highest BCUT2D eigenvalue weighted by atomic mass is 16.4. The highest BCUT2D eigenvalue weighted by Gasteiger charge is 2.32. The lowest BCUT2D eigenvalue weighted by Gasteiger charge is -2.26. The van der Waals surface area contributed by atoms with E-state index >= 15 is 0 Å². The second-order valence-electron chi connectivity index (χ2n) is 12.0. The molecule has 0 radical (unpaired) electrons. The van der Waals surface area contributed by atoms with E-state index in [2.05, 4.69) is 26.6 Å². The van der Waals surface area contributed by atoms with Crippen molar-refractivity contribution in [1.29, 1.82) is 0 Å². The molecule has 0 saturated carbocycles. The molecule has 5 amide bonds. The van der Waals surface area contributed by atoms with Crippen LogP contribution in [0.4, 0.5) is 0 Å². The Hall–Kier alpha value is -5.06. The summed E-state index contributed by atoms with van der Waals surface area (Å²) in [6, 6.07) is 8.05. The molecule has 0 saturated heterocycles. The summed E-state index contributed by atoms with van der Waals surface area (Å²) in [7, 11) is 0. The molecule has 0 spiro atoms. The number of phenols is 1. The SMILES string of the molecule is CC(C)C[C@H](NC(=O)[C@H](Cc1ccccc1)NC(=O)CNC(=O)[C@H](CO)NC(=O)[C@H](N)Cc1ccc(O)cc1)C(=O)N[C@H](C(=O)O)[C@H](C)O. The minimum absolute atomic E-state index is 0.0119. The van der Waals surface area contributed by atoms with Crippen LogP contribution in [0.5, 0.6) is 5.75 Å². The van der Waals surface area contributed by atoms with Gasteiger partial charge in [0.1, 0.15) is 23.9 Å². The maximum atomic E-state index is 13.5. The molecule has 268 valence electrons. The number of aliphatic hydroxyl groups is 2. The van der Waals surface area contributed by atoms with Crippen LogP contribution in [0.2, 0.25) is 0 Å². The van der Waals surface area contributed by atoms with Gasteiger partial charge < -0.3 is 52.7 Å². The summed E-state index contributed by atoms with van der Waals surface area (Å²) in [5, 5.41) is 50.3. The van der Waals surface area contributed by atoms with Gasteiger partial charge in [0.2, 0.25) is 29.5 Å². The average Bonchev–Trinajstić information content (AvgIpc) is 3.04. The second-order valence-corrected chi connectivity index (χ2v) is 12.0. The van der Waals surface area contributed by atoms with E-state index in [0.29, 0.717) is 11.1 Å². The normalized spacial score (nSPS) is 14.7. The predicted octanol–water partition coefficient (Wildman–Crippen LogP) is -1.94. The number of aliphatic hydroxyl groups excluding tert-OH is 2. The van der Waals surface area contributed by atoms with Gasteiger partial charge in [-0.1, -0.05) is 56.3 Å². The molecule has 2 aromatic rings. The number of hydrogen-bond donors (Lipinski definition) is 10. The third-order valence-corrected chi connectivity index (χ3v) is 7.29. The summed E-state index contributed by atoms with van der Waals surface area (Å²) in [5.41, 5.74) is 7.24. The minimum atomic E-state index is -1.62. The van der Waals surface area contributed by atoms with Crippen LogP contribution < -0.4 is 32.3 Å². The predicted molar refractivity (Wildman–Crippen MR) is 177 cm³/mol. The molecule has 2 rings (SSSR count). The molecule has 0 aliphatic carbocycles. The first-order valence-electron chi connectivity index (χ1n) is 15.7. The average molecular weight is 687 g/mol. The van der Waals surface area contributed by atoms with Crippen molar-refractivity contribution in [2.45, 2.75) is 76.3 Å². The molecule has 49 heavy (non-hydrogen) atoms. The van der Waals surface area contributed by atoms with Crippen molar-refractivity contribution in [3.63, 3.8) is 0 Å². The topological polar surface area (TPSA) is 270 Å². The molecule has 0 aliphatic heterocycles. The first-order chi connectivity index (χ1) is 23.1. The van der Waals surface area contributed by atoms with E-state index in [4.69, 9.17) is 5.73 Å².